The standard InChI is InChI=1S/C17H16BrClO2/c1-10(2)14-8-17(11(3)6-15(14)19)21-16-5-4-13(18)7-12(16)9-20/h4-10H,1-3H3. The monoisotopic (exact) mass is 366 g/mol. The Morgan fingerprint density at radius 3 is 2.52 bits per heavy atom. The second-order valence-corrected chi connectivity index (χ2v) is 6.52. The summed E-state index contributed by atoms with van der Waals surface area (Å²) in [5.41, 5.74) is 2.47. The minimum atomic E-state index is 0.302. The Balaban J connectivity index is 2.44. The first-order chi connectivity index (χ1) is 9.92. The van der Waals surface area contributed by atoms with Gasteiger partial charge in [0.15, 0.2) is 6.29 Å². The molecule has 0 aliphatic carbocycles. The van der Waals surface area contributed by atoms with E-state index in [1.54, 1.807) is 12.1 Å². The summed E-state index contributed by atoms with van der Waals surface area (Å²) in [5, 5.41) is 0.737. The van der Waals surface area contributed by atoms with E-state index in [2.05, 4.69) is 29.8 Å². The van der Waals surface area contributed by atoms with E-state index in [4.69, 9.17) is 16.3 Å². The predicted molar refractivity (Wildman–Crippen MR) is 89.9 cm³/mol. The Hall–Kier alpha value is -1.32. The molecule has 2 aromatic carbocycles. The van der Waals surface area contributed by atoms with E-state index >= 15 is 0 Å². The zero-order valence-electron chi connectivity index (χ0n) is 12.1. The van der Waals surface area contributed by atoms with E-state index in [1.165, 1.54) is 0 Å². The van der Waals surface area contributed by atoms with Gasteiger partial charge in [0.25, 0.3) is 0 Å². The van der Waals surface area contributed by atoms with Crippen LogP contribution in [0.1, 0.15) is 41.3 Å². The van der Waals surface area contributed by atoms with Crippen LogP contribution in [0.2, 0.25) is 5.02 Å². The van der Waals surface area contributed by atoms with Gasteiger partial charge in [0, 0.05) is 9.50 Å². The van der Waals surface area contributed by atoms with Crippen molar-refractivity contribution in [3.63, 3.8) is 0 Å². The van der Waals surface area contributed by atoms with Crippen LogP contribution < -0.4 is 4.74 Å². The van der Waals surface area contributed by atoms with Crippen molar-refractivity contribution in [3.05, 3.63) is 56.5 Å². The van der Waals surface area contributed by atoms with Crippen molar-refractivity contribution in [1.82, 2.24) is 0 Å². The van der Waals surface area contributed by atoms with Crippen LogP contribution in [0, 0.1) is 6.92 Å². The summed E-state index contributed by atoms with van der Waals surface area (Å²) in [6, 6.07) is 9.19. The number of carbonyl (C=O) groups is 1. The molecule has 4 heteroatoms. The third-order valence-corrected chi connectivity index (χ3v) is 4.06. The third-order valence-electron chi connectivity index (χ3n) is 3.23. The van der Waals surface area contributed by atoms with E-state index in [-0.39, 0.29) is 0 Å². The van der Waals surface area contributed by atoms with Crippen LogP contribution in [-0.2, 0) is 0 Å². The molecule has 2 aromatic rings. The van der Waals surface area contributed by atoms with E-state index in [1.807, 2.05) is 25.1 Å². The zero-order chi connectivity index (χ0) is 15.6. The van der Waals surface area contributed by atoms with Crippen molar-refractivity contribution >= 4 is 33.8 Å². The number of halogens is 2. The van der Waals surface area contributed by atoms with Gasteiger partial charge in [0.05, 0.1) is 5.56 Å². The number of carbonyl (C=O) groups excluding carboxylic acids is 1. The van der Waals surface area contributed by atoms with Crippen molar-refractivity contribution in [1.29, 1.82) is 0 Å². The molecule has 2 rings (SSSR count). The van der Waals surface area contributed by atoms with E-state index < -0.39 is 0 Å². The molecular formula is C17H16BrClO2. The number of aldehydes is 1. The van der Waals surface area contributed by atoms with Crippen LogP contribution >= 0.6 is 27.5 Å². The average molecular weight is 368 g/mol. The lowest BCUT2D eigenvalue weighted by Crippen LogP contribution is -1.96. The molecule has 0 amide bonds. The highest BCUT2D eigenvalue weighted by atomic mass is 79.9. The molecule has 0 bridgehead atoms. The van der Waals surface area contributed by atoms with Gasteiger partial charge in [-0.25, -0.2) is 0 Å². The van der Waals surface area contributed by atoms with Crippen LogP contribution in [0.15, 0.2) is 34.8 Å². The third kappa shape index (κ3) is 3.66. The van der Waals surface area contributed by atoms with Crippen molar-refractivity contribution < 1.29 is 9.53 Å². The van der Waals surface area contributed by atoms with Crippen LogP contribution in [-0.4, -0.2) is 6.29 Å². The Bertz CT molecular complexity index is 681. The number of hydrogen-bond donors (Lipinski definition) is 0. The van der Waals surface area contributed by atoms with E-state index in [0.717, 1.165) is 26.9 Å². The molecular weight excluding hydrogens is 352 g/mol. The molecule has 0 saturated heterocycles. The van der Waals surface area contributed by atoms with Gasteiger partial charge in [0.2, 0.25) is 0 Å². The quantitative estimate of drug-likeness (QED) is 0.607. The molecule has 0 atom stereocenters. The van der Waals surface area contributed by atoms with Crippen molar-refractivity contribution in [2.75, 3.05) is 0 Å². The number of rotatable bonds is 4. The molecule has 0 heterocycles. The van der Waals surface area contributed by atoms with Crippen LogP contribution in [0.25, 0.3) is 0 Å². The number of ether oxygens (including phenoxy) is 1. The van der Waals surface area contributed by atoms with Gasteiger partial charge in [-0.05, 0) is 54.3 Å². The molecule has 0 aromatic heterocycles. The summed E-state index contributed by atoms with van der Waals surface area (Å²) < 4.78 is 6.76. The lowest BCUT2D eigenvalue weighted by molar-refractivity contribution is 0.112. The van der Waals surface area contributed by atoms with Gasteiger partial charge in [0.1, 0.15) is 11.5 Å². The highest BCUT2D eigenvalue weighted by Crippen LogP contribution is 2.35. The molecule has 21 heavy (non-hydrogen) atoms. The Morgan fingerprint density at radius 2 is 1.90 bits per heavy atom. The van der Waals surface area contributed by atoms with Crippen molar-refractivity contribution in [2.45, 2.75) is 26.7 Å². The lowest BCUT2D eigenvalue weighted by atomic mass is 10.0. The van der Waals surface area contributed by atoms with Crippen molar-refractivity contribution in [3.8, 4) is 11.5 Å². The number of aryl methyl sites for hydroxylation is 1. The van der Waals surface area contributed by atoms with Gasteiger partial charge in [-0.15, -0.1) is 0 Å². The Labute approximate surface area is 138 Å². The first-order valence-electron chi connectivity index (χ1n) is 6.65. The second kappa shape index (κ2) is 6.63. The van der Waals surface area contributed by atoms with E-state index in [0.29, 0.717) is 23.0 Å². The molecule has 0 unspecified atom stereocenters. The maximum Gasteiger partial charge on any atom is 0.153 e. The minimum Gasteiger partial charge on any atom is -0.456 e. The first kappa shape index (κ1) is 16.1. The molecule has 0 N–H and O–H groups in total. The molecule has 2 nitrogen and oxygen atoms in total. The van der Waals surface area contributed by atoms with Gasteiger partial charge in [-0.2, -0.15) is 0 Å². The summed E-state index contributed by atoms with van der Waals surface area (Å²) >= 11 is 9.61. The SMILES string of the molecule is Cc1cc(Cl)c(C(C)C)cc1Oc1ccc(Br)cc1C=O. The van der Waals surface area contributed by atoms with E-state index in [9.17, 15) is 4.79 Å². The van der Waals surface area contributed by atoms with Crippen LogP contribution in [0.4, 0.5) is 0 Å². The van der Waals surface area contributed by atoms with Crippen LogP contribution in [0.5, 0.6) is 11.5 Å². The first-order valence-corrected chi connectivity index (χ1v) is 7.82. The zero-order valence-corrected chi connectivity index (χ0v) is 14.5. The summed E-state index contributed by atoms with van der Waals surface area (Å²) in [7, 11) is 0. The highest BCUT2D eigenvalue weighted by molar-refractivity contribution is 9.10. The van der Waals surface area contributed by atoms with Crippen LogP contribution in [0.3, 0.4) is 0 Å². The predicted octanol–water partition coefficient (Wildman–Crippen LogP) is 6.14. The lowest BCUT2D eigenvalue weighted by Gasteiger charge is -2.15. The maximum atomic E-state index is 11.2. The molecule has 0 radical (unpaired) electrons. The smallest absolute Gasteiger partial charge is 0.153 e. The largest absolute Gasteiger partial charge is 0.456 e. The van der Waals surface area contributed by atoms with Gasteiger partial charge >= 0.3 is 0 Å². The molecule has 0 aliphatic rings. The Kier molecular flexibility index (Phi) is 5.07. The number of hydrogen-bond acceptors (Lipinski definition) is 2. The molecule has 0 aliphatic heterocycles. The topological polar surface area (TPSA) is 26.3 Å². The summed E-state index contributed by atoms with van der Waals surface area (Å²) in [4.78, 5) is 11.2. The molecule has 0 saturated carbocycles. The minimum absolute atomic E-state index is 0.302. The van der Waals surface area contributed by atoms with Gasteiger partial charge < -0.3 is 4.74 Å². The fourth-order valence-electron chi connectivity index (χ4n) is 2.04. The number of benzene rings is 2. The van der Waals surface area contributed by atoms with Gasteiger partial charge in [-0.1, -0.05) is 41.4 Å². The highest BCUT2D eigenvalue weighted by Gasteiger charge is 2.12. The summed E-state index contributed by atoms with van der Waals surface area (Å²) in [6.07, 6.45) is 0.786. The summed E-state index contributed by atoms with van der Waals surface area (Å²) in [6.45, 7) is 6.10. The molecule has 110 valence electrons. The summed E-state index contributed by atoms with van der Waals surface area (Å²) in [5.74, 6) is 1.55. The van der Waals surface area contributed by atoms with Crippen molar-refractivity contribution in [2.24, 2.45) is 0 Å². The molecule has 0 spiro atoms. The maximum absolute atomic E-state index is 11.2. The average Bonchev–Trinajstić information content (AvgIpc) is 2.42. The fraction of sp³-hybridized carbons (Fsp3) is 0.235. The second-order valence-electron chi connectivity index (χ2n) is 5.20. The van der Waals surface area contributed by atoms with Gasteiger partial charge in [-0.3, -0.25) is 4.79 Å². The normalized spacial score (nSPS) is 10.8. The Morgan fingerprint density at radius 1 is 1.19 bits per heavy atom. The fourth-order valence-corrected chi connectivity index (χ4v) is 2.86. The molecule has 0 fully saturated rings.